The van der Waals surface area contributed by atoms with Gasteiger partial charge in [-0.25, -0.2) is 0 Å². The Morgan fingerprint density at radius 3 is 2.47 bits per heavy atom. The van der Waals surface area contributed by atoms with Gasteiger partial charge in [-0.05, 0) is 37.6 Å². The van der Waals surface area contributed by atoms with Gasteiger partial charge in [0.2, 0.25) is 5.91 Å². The van der Waals surface area contributed by atoms with Crippen LogP contribution in [0.5, 0.6) is 0 Å². The molecule has 0 aliphatic heterocycles. The van der Waals surface area contributed by atoms with Crippen LogP contribution in [0.1, 0.15) is 46.5 Å². The highest BCUT2D eigenvalue weighted by molar-refractivity contribution is 5.76. The summed E-state index contributed by atoms with van der Waals surface area (Å²) in [7, 11) is 0. The third-order valence-corrected chi connectivity index (χ3v) is 2.95. The van der Waals surface area contributed by atoms with E-state index in [4.69, 9.17) is 10.8 Å². The number of amides is 1. The van der Waals surface area contributed by atoms with Gasteiger partial charge in [0.15, 0.2) is 0 Å². The van der Waals surface area contributed by atoms with Crippen LogP contribution >= 0.6 is 0 Å². The van der Waals surface area contributed by atoms with E-state index in [1.807, 2.05) is 6.92 Å². The summed E-state index contributed by atoms with van der Waals surface area (Å²) in [4.78, 5) is 11.8. The van der Waals surface area contributed by atoms with E-state index >= 15 is 0 Å². The molecule has 0 saturated carbocycles. The first kappa shape index (κ1) is 16.4. The molecule has 0 aliphatic rings. The Bertz CT molecular complexity index is 208. The minimum absolute atomic E-state index is 0.0569. The quantitative estimate of drug-likeness (QED) is 0.572. The number of hydrogen-bond acceptors (Lipinski definition) is 3. The maximum absolute atomic E-state index is 11.8. The molecule has 102 valence electrons. The molecule has 0 aromatic rings. The van der Waals surface area contributed by atoms with E-state index in [1.54, 1.807) is 0 Å². The second-order valence-electron chi connectivity index (χ2n) is 5.12. The van der Waals surface area contributed by atoms with Gasteiger partial charge in [0, 0.05) is 19.1 Å². The van der Waals surface area contributed by atoms with E-state index in [0.29, 0.717) is 25.3 Å². The summed E-state index contributed by atoms with van der Waals surface area (Å²) in [6.07, 6.45) is 2.96. The number of nitrogens with one attached hydrogen (secondary N) is 1. The van der Waals surface area contributed by atoms with Crippen LogP contribution in [0.15, 0.2) is 0 Å². The van der Waals surface area contributed by atoms with Crippen molar-refractivity contribution in [1.82, 2.24) is 5.32 Å². The van der Waals surface area contributed by atoms with E-state index in [-0.39, 0.29) is 24.5 Å². The van der Waals surface area contributed by atoms with Crippen LogP contribution in [-0.4, -0.2) is 30.2 Å². The van der Waals surface area contributed by atoms with Crippen molar-refractivity contribution in [3.8, 4) is 0 Å². The zero-order valence-electron chi connectivity index (χ0n) is 11.4. The van der Waals surface area contributed by atoms with Gasteiger partial charge in [0.25, 0.3) is 0 Å². The minimum Gasteiger partial charge on any atom is -0.396 e. The van der Waals surface area contributed by atoms with Crippen molar-refractivity contribution in [3.63, 3.8) is 0 Å². The molecular weight excluding hydrogens is 216 g/mol. The topological polar surface area (TPSA) is 75.3 Å². The van der Waals surface area contributed by atoms with E-state index in [0.717, 1.165) is 12.8 Å². The van der Waals surface area contributed by atoms with Gasteiger partial charge in [0.05, 0.1) is 0 Å². The van der Waals surface area contributed by atoms with Gasteiger partial charge in [-0.3, -0.25) is 4.79 Å². The highest BCUT2D eigenvalue weighted by Crippen LogP contribution is 2.14. The molecule has 0 rings (SSSR count). The molecule has 0 saturated heterocycles. The largest absolute Gasteiger partial charge is 0.396 e. The van der Waals surface area contributed by atoms with Crippen molar-refractivity contribution in [2.24, 2.45) is 17.6 Å². The van der Waals surface area contributed by atoms with Crippen LogP contribution in [0.2, 0.25) is 0 Å². The first-order valence-corrected chi connectivity index (χ1v) is 6.63. The van der Waals surface area contributed by atoms with Gasteiger partial charge in [-0.2, -0.15) is 0 Å². The molecule has 17 heavy (non-hydrogen) atoms. The number of hydrogen-bond donors (Lipinski definition) is 3. The first-order valence-electron chi connectivity index (χ1n) is 6.63. The Hall–Kier alpha value is -0.610. The SMILES string of the molecule is CCC(CCO)NC(=O)CC(CN)CC(C)C. The Kier molecular flexibility index (Phi) is 9.09. The van der Waals surface area contributed by atoms with Crippen LogP contribution in [0, 0.1) is 11.8 Å². The molecule has 0 aromatic carbocycles. The summed E-state index contributed by atoms with van der Waals surface area (Å²) >= 11 is 0. The molecule has 0 aliphatic carbocycles. The van der Waals surface area contributed by atoms with E-state index in [1.165, 1.54) is 0 Å². The normalized spacial score (nSPS) is 14.7. The Labute approximate surface area is 105 Å². The lowest BCUT2D eigenvalue weighted by Crippen LogP contribution is -2.37. The van der Waals surface area contributed by atoms with Gasteiger partial charge in [-0.15, -0.1) is 0 Å². The average molecular weight is 244 g/mol. The zero-order chi connectivity index (χ0) is 13.3. The Morgan fingerprint density at radius 2 is 2.06 bits per heavy atom. The summed E-state index contributed by atoms with van der Waals surface area (Å²) < 4.78 is 0. The zero-order valence-corrected chi connectivity index (χ0v) is 11.4. The fourth-order valence-electron chi connectivity index (χ4n) is 2.01. The smallest absolute Gasteiger partial charge is 0.220 e. The molecule has 2 atom stereocenters. The summed E-state index contributed by atoms with van der Waals surface area (Å²) in [6.45, 7) is 6.96. The monoisotopic (exact) mass is 244 g/mol. The van der Waals surface area contributed by atoms with Gasteiger partial charge in [-0.1, -0.05) is 20.8 Å². The van der Waals surface area contributed by atoms with Gasteiger partial charge < -0.3 is 16.2 Å². The summed E-state index contributed by atoms with van der Waals surface area (Å²) in [5, 5.41) is 11.8. The highest BCUT2D eigenvalue weighted by atomic mass is 16.3. The Balaban J connectivity index is 4.04. The predicted molar refractivity (Wildman–Crippen MR) is 70.5 cm³/mol. The van der Waals surface area contributed by atoms with Crippen molar-refractivity contribution in [1.29, 1.82) is 0 Å². The number of carbonyl (C=O) groups excluding carboxylic acids is 1. The fraction of sp³-hybridized carbons (Fsp3) is 0.923. The first-order chi connectivity index (χ1) is 8.03. The number of aliphatic hydroxyl groups excluding tert-OH is 1. The van der Waals surface area contributed by atoms with Crippen LogP contribution in [0.25, 0.3) is 0 Å². The lowest BCUT2D eigenvalue weighted by atomic mass is 9.94. The van der Waals surface area contributed by atoms with Crippen molar-refractivity contribution in [2.75, 3.05) is 13.2 Å². The van der Waals surface area contributed by atoms with Gasteiger partial charge in [0.1, 0.15) is 0 Å². The van der Waals surface area contributed by atoms with Gasteiger partial charge >= 0.3 is 0 Å². The van der Waals surface area contributed by atoms with Crippen molar-refractivity contribution in [3.05, 3.63) is 0 Å². The number of carbonyl (C=O) groups is 1. The minimum atomic E-state index is 0.0569. The molecule has 0 spiro atoms. The number of nitrogens with two attached hydrogens (primary N) is 1. The molecular formula is C13H28N2O2. The van der Waals surface area contributed by atoms with E-state index < -0.39 is 0 Å². The lowest BCUT2D eigenvalue weighted by molar-refractivity contribution is -0.122. The predicted octanol–water partition coefficient (Wildman–Crippen LogP) is 1.27. The molecule has 0 bridgehead atoms. The van der Waals surface area contributed by atoms with Crippen molar-refractivity contribution < 1.29 is 9.90 Å². The third kappa shape index (κ3) is 8.16. The standard InChI is InChI=1S/C13H28N2O2/c1-4-12(5-6-16)15-13(17)8-11(9-14)7-10(2)3/h10-12,16H,4-9,14H2,1-3H3,(H,15,17). The fourth-order valence-corrected chi connectivity index (χ4v) is 2.01. The molecule has 4 nitrogen and oxygen atoms in total. The molecule has 0 fully saturated rings. The second-order valence-corrected chi connectivity index (χ2v) is 5.12. The molecule has 0 radical (unpaired) electrons. The van der Waals surface area contributed by atoms with Crippen LogP contribution in [0.3, 0.4) is 0 Å². The van der Waals surface area contributed by atoms with E-state index in [2.05, 4.69) is 19.2 Å². The lowest BCUT2D eigenvalue weighted by Gasteiger charge is -2.20. The van der Waals surface area contributed by atoms with Crippen molar-refractivity contribution in [2.45, 2.75) is 52.5 Å². The molecule has 2 unspecified atom stereocenters. The average Bonchev–Trinajstić information content (AvgIpc) is 2.26. The summed E-state index contributed by atoms with van der Waals surface area (Å²) in [5.74, 6) is 0.888. The number of rotatable bonds is 9. The summed E-state index contributed by atoms with van der Waals surface area (Å²) in [5.41, 5.74) is 5.67. The van der Waals surface area contributed by atoms with Crippen LogP contribution in [-0.2, 0) is 4.79 Å². The number of aliphatic hydroxyl groups is 1. The molecule has 0 heterocycles. The summed E-state index contributed by atoms with van der Waals surface area (Å²) in [6, 6.07) is 0.0879. The Morgan fingerprint density at radius 1 is 1.41 bits per heavy atom. The van der Waals surface area contributed by atoms with Crippen LogP contribution < -0.4 is 11.1 Å². The van der Waals surface area contributed by atoms with E-state index in [9.17, 15) is 4.79 Å². The maximum Gasteiger partial charge on any atom is 0.220 e. The molecule has 1 amide bonds. The molecule has 0 aromatic heterocycles. The second kappa shape index (κ2) is 9.42. The van der Waals surface area contributed by atoms with Crippen molar-refractivity contribution >= 4 is 5.91 Å². The maximum atomic E-state index is 11.8. The highest BCUT2D eigenvalue weighted by Gasteiger charge is 2.16. The third-order valence-electron chi connectivity index (χ3n) is 2.95. The van der Waals surface area contributed by atoms with Crippen LogP contribution in [0.4, 0.5) is 0 Å². The molecule has 4 N–H and O–H groups in total. The molecule has 4 heteroatoms.